The Labute approximate surface area is 164 Å². The van der Waals surface area contributed by atoms with Crippen LogP contribution in [0.15, 0.2) is 6.07 Å². The molecule has 0 unspecified atom stereocenters. The molecule has 1 amide bonds. The summed E-state index contributed by atoms with van der Waals surface area (Å²) in [5.41, 5.74) is 0.784. The molecule has 1 aromatic heterocycles. The van der Waals surface area contributed by atoms with Gasteiger partial charge in [-0.25, -0.2) is 4.79 Å². The number of methoxy groups -OCH3 is 1. The maximum Gasteiger partial charge on any atom is 0.348 e. The largest absolute Gasteiger partial charge is 0.469 e. The molecule has 1 heterocycles. The van der Waals surface area contributed by atoms with E-state index >= 15 is 0 Å². The summed E-state index contributed by atoms with van der Waals surface area (Å²) in [5, 5.41) is 3.49. The Kier molecular flexibility index (Phi) is 8.24. The quantitative estimate of drug-likeness (QED) is 0.646. The molecule has 0 radical (unpaired) electrons. The monoisotopic (exact) mass is 396 g/mol. The topological polar surface area (TPSA) is 84.9 Å². The van der Waals surface area contributed by atoms with Crippen molar-refractivity contribution >= 4 is 34.2 Å². The zero-order chi connectivity index (χ0) is 19.8. The van der Waals surface area contributed by atoms with E-state index < -0.39 is 0 Å². The number of amides is 1. The highest BCUT2D eigenvalue weighted by atomic mass is 32.1. The number of carbonyl (C=O) groups excluding carboxylic acids is 3. The molecular weight excluding hydrogens is 368 g/mol. The first kappa shape index (κ1) is 21.4. The summed E-state index contributed by atoms with van der Waals surface area (Å²) in [4.78, 5) is 38.5. The summed E-state index contributed by atoms with van der Waals surface area (Å²) in [6, 6.07) is 2.10. The average molecular weight is 397 g/mol. The van der Waals surface area contributed by atoms with E-state index in [1.807, 2.05) is 6.92 Å². The van der Waals surface area contributed by atoms with Gasteiger partial charge >= 0.3 is 11.9 Å². The van der Waals surface area contributed by atoms with Crippen LogP contribution < -0.4 is 5.32 Å². The molecule has 0 atom stereocenters. The van der Waals surface area contributed by atoms with Crippen molar-refractivity contribution in [1.29, 1.82) is 0 Å². The van der Waals surface area contributed by atoms with Gasteiger partial charge in [-0.15, -0.1) is 11.3 Å². The Hall–Kier alpha value is -1.93. The van der Waals surface area contributed by atoms with Gasteiger partial charge in [0.2, 0.25) is 5.91 Å². The molecule has 0 aromatic carbocycles. The van der Waals surface area contributed by atoms with Crippen LogP contribution in [0.4, 0.5) is 5.00 Å². The summed E-state index contributed by atoms with van der Waals surface area (Å²) in [5.74, 6) is -0.791. The van der Waals surface area contributed by atoms with Crippen molar-refractivity contribution in [2.24, 2.45) is 0 Å². The van der Waals surface area contributed by atoms with Crippen LogP contribution in [0.25, 0.3) is 0 Å². The third kappa shape index (κ3) is 6.32. The first-order chi connectivity index (χ1) is 12.9. The predicted molar refractivity (Wildman–Crippen MR) is 104 cm³/mol. The Morgan fingerprint density at radius 3 is 2.63 bits per heavy atom. The summed E-state index contributed by atoms with van der Waals surface area (Å²) >= 11 is 1.22. The van der Waals surface area contributed by atoms with Crippen LogP contribution in [0, 0.1) is 6.92 Å². The minimum Gasteiger partial charge on any atom is -0.469 e. The number of nitrogens with zero attached hydrogens (tertiary/aromatic N) is 1. The molecule has 27 heavy (non-hydrogen) atoms. The standard InChI is InChI=1S/C19H28N2O5S/c1-4-26-19(24)18-13(2)11-16(27-18)20-15(22)12-21(10-9-17(23)25-3)14-7-5-6-8-14/h11,14H,4-10,12H2,1-3H3,(H,20,22). The lowest BCUT2D eigenvalue weighted by Gasteiger charge is -2.27. The molecule has 0 spiro atoms. The van der Waals surface area contributed by atoms with E-state index in [2.05, 4.69) is 10.2 Å². The van der Waals surface area contributed by atoms with E-state index in [0.29, 0.717) is 29.1 Å². The van der Waals surface area contributed by atoms with E-state index in [0.717, 1.165) is 31.2 Å². The Morgan fingerprint density at radius 2 is 2.00 bits per heavy atom. The molecule has 8 heteroatoms. The van der Waals surface area contributed by atoms with Crippen LogP contribution in [0.5, 0.6) is 0 Å². The van der Waals surface area contributed by atoms with Crippen molar-refractivity contribution in [1.82, 2.24) is 4.90 Å². The van der Waals surface area contributed by atoms with Crippen LogP contribution >= 0.6 is 11.3 Å². The second-order valence-electron chi connectivity index (χ2n) is 6.63. The Balaban J connectivity index is 1.97. The average Bonchev–Trinajstić information content (AvgIpc) is 3.28. The van der Waals surface area contributed by atoms with Gasteiger partial charge in [0.25, 0.3) is 0 Å². The normalized spacial score (nSPS) is 14.4. The van der Waals surface area contributed by atoms with Gasteiger partial charge in [0.15, 0.2) is 0 Å². The van der Waals surface area contributed by atoms with E-state index in [1.54, 1.807) is 13.0 Å². The van der Waals surface area contributed by atoms with Gasteiger partial charge in [-0.2, -0.15) is 0 Å². The lowest BCUT2D eigenvalue weighted by molar-refractivity contribution is -0.141. The van der Waals surface area contributed by atoms with Crippen molar-refractivity contribution in [2.45, 2.75) is 52.0 Å². The third-order valence-corrected chi connectivity index (χ3v) is 5.79. The number of nitrogens with one attached hydrogen (secondary N) is 1. The molecule has 0 aliphatic heterocycles. The maximum absolute atomic E-state index is 12.5. The third-order valence-electron chi connectivity index (χ3n) is 4.66. The molecule has 7 nitrogen and oxygen atoms in total. The van der Waals surface area contributed by atoms with Gasteiger partial charge in [-0.3, -0.25) is 14.5 Å². The van der Waals surface area contributed by atoms with Crippen LogP contribution in [0.2, 0.25) is 0 Å². The van der Waals surface area contributed by atoms with E-state index in [-0.39, 0.29) is 30.8 Å². The minimum absolute atomic E-state index is 0.150. The molecule has 1 aromatic rings. The van der Waals surface area contributed by atoms with Gasteiger partial charge in [-0.1, -0.05) is 12.8 Å². The van der Waals surface area contributed by atoms with Gasteiger partial charge in [-0.05, 0) is 38.3 Å². The highest BCUT2D eigenvalue weighted by Crippen LogP contribution is 2.28. The summed E-state index contributed by atoms with van der Waals surface area (Å²) in [7, 11) is 1.37. The van der Waals surface area contributed by atoms with E-state index in [9.17, 15) is 14.4 Å². The van der Waals surface area contributed by atoms with Gasteiger partial charge in [0, 0.05) is 12.6 Å². The maximum atomic E-state index is 12.5. The first-order valence-electron chi connectivity index (χ1n) is 9.32. The zero-order valence-corrected chi connectivity index (χ0v) is 17.0. The lowest BCUT2D eigenvalue weighted by Crippen LogP contribution is -2.40. The molecule has 150 valence electrons. The smallest absolute Gasteiger partial charge is 0.348 e. The van der Waals surface area contributed by atoms with E-state index in [4.69, 9.17) is 9.47 Å². The fraction of sp³-hybridized carbons (Fsp3) is 0.632. The molecule has 1 fully saturated rings. The number of aryl methyl sites for hydroxylation is 1. The predicted octanol–water partition coefficient (Wildman–Crippen LogP) is 2.98. The molecule has 1 aliphatic rings. The number of carbonyl (C=O) groups is 3. The molecule has 2 rings (SSSR count). The van der Waals surface area contributed by atoms with Crippen molar-refractivity contribution in [3.63, 3.8) is 0 Å². The highest BCUT2D eigenvalue weighted by Gasteiger charge is 2.25. The molecule has 1 aliphatic carbocycles. The van der Waals surface area contributed by atoms with Gasteiger partial charge in [0.05, 0.1) is 31.7 Å². The summed E-state index contributed by atoms with van der Waals surface area (Å²) in [6.45, 7) is 4.61. The van der Waals surface area contributed by atoms with Crippen LogP contribution in [-0.2, 0) is 19.1 Å². The number of esters is 2. The van der Waals surface area contributed by atoms with Gasteiger partial charge < -0.3 is 14.8 Å². The second kappa shape index (κ2) is 10.4. The first-order valence-corrected chi connectivity index (χ1v) is 10.1. The zero-order valence-electron chi connectivity index (χ0n) is 16.2. The fourth-order valence-electron chi connectivity index (χ4n) is 3.30. The summed E-state index contributed by atoms with van der Waals surface area (Å²) in [6.07, 6.45) is 4.65. The molecule has 0 saturated heterocycles. The second-order valence-corrected chi connectivity index (χ2v) is 7.68. The summed E-state index contributed by atoms with van der Waals surface area (Å²) < 4.78 is 9.74. The molecule has 0 bridgehead atoms. The highest BCUT2D eigenvalue weighted by molar-refractivity contribution is 7.18. The van der Waals surface area contributed by atoms with Crippen LogP contribution in [-0.4, -0.2) is 55.6 Å². The van der Waals surface area contributed by atoms with Crippen molar-refractivity contribution in [2.75, 3.05) is 32.1 Å². The van der Waals surface area contributed by atoms with Crippen molar-refractivity contribution in [3.05, 3.63) is 16.5 Å². The van der Waals surface area contributed by atoms with Gasteiger partial charge in [0.1, 0.15) is 4.88 Å². The molecule has 1 N–H and O–H groups in total. The Morgan fingerprint density at radius 1 is 1.30 bits per heavy atom. The number of rotatable bonds is 9. The number of hydrogen-bond donors (Lipinski definition) is 1. The molecule has 1 saturated carbocycles. The number of ether oxygens (including phenoxy) is 2. The number of thiophene rings is 1. The molecular formula is C19H28N2O5S. The number of hydrogen-bond acceptors (Lipinski definition) is 7. The number of anilines is 1. The van der Waals surface area contributed by atoms with Crippen LogP contribution in [0.3, 0.4) is 0 Å². The SMILES string of the molecule is CCOC(=O)c1sc(NC(=O)CN(CCC(=O)OC)C2CCCC2)cc1C. The Bertz CT molecular complexity index is 667. The fourth-order valence-corrected chi connectivity index (χ4v) is 4.28. The van der Waals surface area contributed by atoms with Crippen LogP contribution in [0.1, 0.15) is 54.3 Å². The minimum atomic E-state index is -0.369. The lowest BCUT2D eigenvalue weighted by atomic mass is 10.2. The van der Waals surface area contributed by atoms with Crippen molar-refractivity contribution < 1.29 is 23.9 Å². The van der Waals surface area contributed by atoms with E-state index in [1.165, 1.54) is 18.4 Å². The van der Waals surface area contributed by atoms with Crippen molar-refractivity contribution in [3.8, 4) is 0 Å².